The molecule has 6 aromatic rings. The average Bonchev–Trinajstić information content (AvgIpc) is 3.54. The second kappa shape index (κ2) is 13.8. The van der Waals surface area contributed by atoms with E-state index in [4.69, 9.17) is 9.97 Å². The van der Waals surface area contributed by atoms with Gasteiger partial charge in [0.25, 0.3) is 0 Å². The Bertz CT molecular complexity index is 1740. The molecule has 3 heterocycles. The van der Waals surface area contributed by atoms with E-state index >= 15 is 0 Å². The van der Waals surface area contributed by atoms with Gasteiger partial charge in [-0.3, -0.25) is 14.9 Å². The number of aromatic nitrogens is 4. The summed E-state index contributed by atoms with van der Waals surface area (Å²) in [4.78, 5) is 20.8. The summed E-state index contributed by atoms with van der Waals surface area (Å²) in [5.74, 6) is 0.964. The van der Waals surface area contributed by atoms with Crippen LogP contribution in [-0.4, -0.2) is 24.8 Å². The van der Waals surface area contributed by atoms with Gasteiger partial charge in [0.15, 0.2) is 0 Å². The normalized spacial score (nSPS) is 14.4. The van der Waals surface area contributed by atoms with Gasteiger partial charge in [-0.05, 0) is 54.2 Å². The van der Waals surface area contributed by atoms with Crippen molar-refractivity contribution in [1.29, 1.82) is 0 Å². The summed E-state index contributed by atoms with van der Waals surface area (Å²) in [6, 6.07) is 40.6. The summed E-state index contributed by atoms with van der Waals surface area (Å²) < 4.78 is 0. The SMILES string of the molecule is c1ccc(-c2nc(CN(Cc3ccc(CNCc4ccccn4)cc3)C3CCCc4cccnc43)[nH]c2-c2ccccc2)cc1. The van der Waals surface area contributed by atoms with Crippen LogP contribution in [0, 0.1) is 0 Å². The largest absolute Gasteiger partial charge is 0.340 e. The molecule has 3 aromatic heterocycles. The summed E-state index contributed by atoms with van der Waals surface area (Å²) in [5.41, 5.74) is 10.5. The molecule has 1 aliphatic carbocycles. The third kappa shape index (κ3) is 6.93. The summed E-state index contributed by atoms with van der Waals surface area (Å²) in [6.45, 7) is 3.06. The van der Waals surface area contributed by atoms with Crippen LogP contribution in [0.5, 0.6) is 0 Å². The first-order valence-electron chi connectivity index (χ1n) is 15.9. The fourth-order valence-electron chi connectivity index (χ4n) is 6.36. The number of H-pyrrole nitrogens is 1. The minimum Gasteiger partial charge on any atom is -0.340 e. The number of hydrogen-bond acceptors (Lipinski definition) is 5. The highest BCUT2D eigenvalue weighted by atomic mass is 15.2. The molecule has 3 aromatic carbocycles. The van der Waals surface area contributed by atoms with Gasteiger partial charge in [0.05, 0.1) is 35.4 Å². The first-order valence-corrected chi connectivity index (χ1v) is 15.9. The minimum absolute atomic E-state index is 0.222. The van der Waals surface area contributed by atoms with Crippen LogP contribution in [0.1, 0.15) is 52.8 Å². The van der Waals surface area contributed by atoms with E-state index in [1.807, 2.05) is 30.6 Å². The number of hydrogen-bond donors (Lipinski definition) is 2. The first kappa shape index (κ1) is 28.8. The predicted octanol–water partition coefficient (Wildman–Crippen LogP) is 7.90. The lowest BCUT2D eigenvalue weighted by atomic mass is 9.90. The van der Waals surface area contributed by atoms with E-state index in [1.54, 1.807) is 0 Å². The number of pyridine rings is 2. The third-order valence-corrected chi connectivity index (χ3v) is 8.59. The Kier molecular flexibility index (Phi) is 8.85. The fraction of sp³-hybridized carbons (Fsp3) is 0.205. The Hall–Kier alpha value is -4.91. The average molecular weight is 591 g/mol. The molecule has 0 aliphatic heterocycles. The number of nitrogens with one attached hydrogen (secondary N) is 2. The lowest BCUT2D eigenvalue weighted by Gasteiger charge is -2.34. The topological polar surface area (TPSA) is 69.7 Å². The van der Waals surface area contributed by atoms with Crippen LogP contribution < -0.4 is 5.32 Å². The summed E-state index contributed by atoms with van der Waals surface area (Å²) in [7, 11) is 0. The lowest BCUT2D eigenvalue weighted by molar-refractivity contribution is 0.153. The Morgan fingerprint density at radius 2 is 1.42 bits per heavy atom. The monoisotopic (exact) mass is 590 g/mol. The van der Waals surface area contributed by atoms with Crippen molar-refractivity contribution in [3.63, 3.8) is 0 Å². The smallest absolute Gasteiger partial charge is 0.121 e. The van der Waals surface area contributed by atoms with Crippen LogP contribution in [0.4, 0.5) is 0 Å². The molecule has 0 radical (unpaired) electrons. The number of fused-ring (bicyclic) bond motifs is 1. The van der Waals surface area contributed by atoms with Crippen molar-refractivity contribution in [3.8, 4) is 22.5 Å². The van der Waals surface area contributed by atoms with Crippen LogP contribution in [-0.2, 0) is 32.6 Å². The summed E-state index contributed by atoms with van der Waals surface area (Å²) in [6.07, 6.45) is 7.10. The van der Waals surface area contributed by atoms with Gasteiger partial charge in [-0.15, -0.1) is 0 Å². The number of imidazole rings is 1. The summed E-state index contributed by atoms with van der Waals surface area (Å²) in [5, 5.41) is 3.51. The zero-order valence-corrected chi connectivity index (χ0v) is 25.4. The molecule has 0 fully saturated rings. The molecule has 1 aliphatic rings. The number of benzene rings is 3. The van der Waals surface area contributed by atoms with Crippen molar-refractivity contribution in [2.24, 2.45) is 0 Å². The van der Waals surface area contributed by atoms with E-state index in [-0.39, 0.29) is 6.04 Å². The highest BCUT2D eigenvalue weighted by Gasteiger charge is 2.28. The van der Waals surface area contributed by atoms with Crippen molar-refractivity contribution < 1.29 is 0 Å². The Morgan fingerprint density at radius 3 is 2.20 bits per heavy atom. The maximum Gasteiger partial charge on any atom is 0.121 e. The predicted molar refractivity (Wildman–Crippen MR) is 180 cm³/mol. The van der Waals surface area contributed by atoms with E-state index in [0.717, 1.165) is 72.9 Å². The highest BCUT2D eigenvalue weighted by molar-refractivity contribution is 5.78. The summed E-state index contributed by atoms with van der Waals surface area (Å²) >= 11 is 0. The van der Waals surface area contributed by atoms with Crippen molar-refractivity contribution in [1.82, 2.24) is 30.2 Å². The van der Waals surface area contributed by atoms with E-state index in [2.05, 4.69) is 117 Å². The molecular formula is C39H38N6. The van der Waals surface area contributed by atoms with Gasteiger partial charge in [0, 0.05) is 43.2 Å². The van der Waals surface area contributed by atoms with Crippen LogP contribution in [0.25, 0.3) is 22.5 Å². The molecule has 0 bridgehead atoms. The van der Waals surface area contributed by atoms with Crippen molar-refractivity contribution in [3.05, 3.63) is 162 Å². The fourth-order valence-corrected chi connectivity index (χ4v) is 6.36. The second-order valence-electron chi connectivity index (χ2n) is 11.7. The first-order chi connectivity index (χ1) is 22.3. The Balaban J connectivity index is 1.16. The molecule has 6 nitrogen and oxygen atoms in total. The number of rotatable bonds is 11. The number of aromatic amines is 1. The maximum atomic E-state index is 5.23. The molecule has 45 heavy (non-hydrogen) atoms. The van der Waals surface area contributed by atoms with Crippen LogP contribution >= 0.6 is 0 Å². The van der Waals surface area contributed by atoms with Crippen LogP contribution in [0.3, 0.4) is 0 Å². The van der Waals surface area contributed by atoms with Gasteiger partial charge < -0.3 is 10.3 Å². The molecule has 0 saturated heterocycles. The maximum absolute atomic E-state index is 5.23. The van der Waals surface area contributed by atoms with E-state index in [0.29, 0.717) is 6.54 Å². The molecule has 0 amide bonds. The number of nitrogens with zero attached hydrogens (tertiary/aromatic N) is 4. The van der Waals surface area contributed by atoms with Gasteiger partial charge in [0.2, 0.25) is 0 Å². The molecule has 1 atom stereocenters. The van der Waals surface area contributed by atoms with E-state index < -0.39 is 0 Å². The quantitative estimate of drug-likeness (QED) is 0.161. The second-order valence-corrected chi connectivity index (χ2v) is 11.7. The standard InChI is InChI=1S/C39H38N6/c1-3-11-32(12-4-1)38-39(33-13-5-2-6-14-33)44-36(43-38)28-45(35-18-9-15-31-16-10-24-42-37(31)35)27-30-21-19-29(20-22-30)25-40-26-34-17-7-8-23-41-34/h1-8,10-14,16-17,19-24,35,40H,9,15,18,25-28H2,(H,43,44). The molecule has 7 rings (SSSR count). The zero-order valence-electron chi connectivity index (χ0n) is 25.4. The third-order valence-electron chi connectivity index (χ3n) is 8.59. The molecule has 224 valence electrons. The van der Waals surface area contributed by atoms with E-state index in [1.165, 1.54) is 22.4 Å². The molecule has 0 spiro atoms. The molecule has 2 N–H and O–H groups in total. The van der Waals surface area contributed by atoms with Gasteiger partial charge >= 0.3 is 0 Å². The van der Waals surface area contributed by atoms with Crippen molar-refractivity contribution >= 4 is 0 Å². The minimum atomic E-state index is 0.222. The molecule has 1 unspecified atom stereocenters. The van der Waals surface area contributed by atoms with Crippen molar-refractivity contribution in [2.75, 3.05) is 0 Å². The van der Waals surface area contributed by atoms with Gasteiger partial charge in [-0.25, -0.2) is 4.98 Å². The van der Waals surface area contributed by atoms with Gasteiger partial charge in [-0.1, -0.05) is 97.1 Å². The molecular weight excluding hydrogens is 552 g/mol. The number of aryl methyl sites for hydroxylation is 1. The van der Waals surface area contributed by atoms with E-state index in [9.17, 15) is 0 Å². The lowest BCUT2D eigenvalue weighted by Crippen LogP contribution is -2.31. The molecule has 6 heteroatoms. The van der Waals surface area contributed by atoms with Gasteiger partial charge in [0.1, 0.15) is 5.82 Å². The van der Waals surface area contributed by atoms with Crippen LogP contribution in [0.15, 0.2) is 128 Å². The van der Waals surface area contributed by atoms with Gasteiger partial charge in [-0.2, -0.15) is 0 Å². The van der Waals surface area contributed by atoms with Crippen LogP contribution in [0.2, 0.25) is 0 Å². The Morgan fingerprint density at radius 1 is 0.689 bits per heavy atom. The van der Waals surface area contributed by atoms with Crippen molar-refractivity contribution in [2.45, 2.75) is 51.5 Å². The highest BCUT2D eigenvalue weighted by Crippen LogP contribution is 2.36. The zero-order chi connectivity index (χ0) is 30.3. The Labute approximate surface area is 265 Å². The molecule has 0 saturated carbocycles.